The number of nitrogens with one attached hydrogen (secondary N) is 1. The average Bonchev–Trinajstić information content (AvgIpc) is 2.69. The van der Waals surface area contributed by atoms with Crippen LogP contribution in [0, 0.1) is 25.2 Å². The Morgan fingerprint density at radius 1 is 1.33 bits per heavy atom. The van der Waals surface area contributed by atoms with Crippen molar-refractivity contribution in [1.29, 1.82) is 5.26 Å². The molecule has 0 aliphatic carbocycles. The van der Waals surface area contributed by atoms with E-state index in [0.29, 0.717) is 34.2 Å². The van der Waals surface area contributed by atoms with E-state index >= 15 is 0 Å². The number of aryl methyl sites for hydroxylation is 2. The van der Waals surface area contributed by atoms with Crippen LogP contribution in [0.5, 0.6) is 11.6 Å². The lowest BCUT2D eigenvalue weighted by Gasteiger charge is -2.31. The summed E-state index contributed by atoms with van der Waals surface area (Å²) in [6.45, 7) is 7.56. The first kappa shape index (κ1) is 22.0. The van der Waals surface area contributed by atoms with E-state index in [1.807, 2.05) is 13.8 Å². The molecule has 1 fully saturated rings. The number of anilines is 2. The number of hydrogen-bond acceptors (Lipinski definition) is 8. The molecule has 0 atom stereocenters. The number of Topliss-reactive ketones (excluding diaryl/α,β-unsaturated/α-hetero) is 1. The van der Waals surface area contributed by atoms with Gasteiger partial charge in [0.1, 0.15) is 21.8 Å². The van der Waals surface area contributed by atoms with Crippen LogP contribution in [0.4, 0.5) is 11.8 Å². The van der Waals surface area contributed by atoms with Crippen molar-refractivity contribution in [3.8, 4) is 17.7 Å². The number of ether oxygens (including phenoxy) is 1. The van der Waals surface area contributed by atoms with Gasteiger partial charge < -0.3 is 15.8 Å². The topological polar surface area (TPSA) is 117 Å². The van der Waals surface area contributed by atoms with E-state index < -0.39 is 0 Å². The maximum Gasteiger partial charge on any atom is 0.240 e. The SMILES string of the molecule is CC(=O)CN1CCC(Nc2nc(N)c(Br)c(Oc3c(C)cc(C#N)cc3C)n2)CC1. The van der Waals surface area contributed by atoms with Crippen LogP contribution in [-0.4, -0.2) is 46.3 Å². The highest BCUT2D eigenvalue weighted by molar-refractivity contribution is 9.10. The minimum absolute atomic E-state index is 0.181. The van der Waals surface area contributed by atoms with E-state index in [9.17, 15) is 4.79 Å². The summed E-state index contributed by atoms with van der Waals surface area (Å²) < 4.78 is 6.55. The fourth-order valence-corrected chi connectivity index (χ4v) is 3.84. The molecule has 3 rings (SSSR count). The van der Waals surface area contributed by atoms with E-state index in [2.05, 4.69) is 42.2 Å². The van der Waals surface area contributed by atoms with Crippen molar-refractivity contribution in [2.45, 2.75) is 39.7 Å². The third kappa shape index (κ3) is 5.26. The Morgan fingerprint density at radius 2 is 1.97 bits per heavy atom. The molecule has 30 heavy (non-hydrogen) atoms. The number of hydrogen-bond donors (Lipinski definition) is 2. The number of carbonyl (C=O) groups excluding carboxylic acids is 1. The van der Waals surface area contributed by atoms with Crippen LogP contribution in [0.1, 0.15) is 36.5 Å². The second kappa shape index (κ2) is 9.41. The molecule has 2 heterocycles. The molecule has 0 amide bonds. The normalized spacial score (nSPS) is 14.9. The fourth-order valence-electron chi connectivity index (χ4n) is 3.58. The zero-order chi connectivity index (χ0) is 21.8. The highest BCUT2D eigenvalue weighted by Gasteiger charge is 2.22. The number of rotatable bonds is 6. The van der Waals surface area contributed by atoms with Crippen LogP contribution in [-0.2, 0) is 4.79 Å². The fraction of sp³-hybridized carbons (Fsp3) is 0.429. The molecule has 0 unspecified atom stereocenters. The molecule has 1 aromatic heterocycles. The number of nitrogens with zero attached hydrogens (tertiary/aromatic N) is 4. The lowest BCUT2D eigenvalue weighted by Crippen LogP contribution is -2.41. The van der Waals surface area contributed by atoms with Gasteiger partial charge in [-0.2, -0.15) is 15.2 Å². The highest BCUT2D eigenvalue weighted by Crippen LogP contribution is 2.35. The summed E-state index contributed by atoms with van der Waals surface area (Å²) in [5.74, 6) is 1.81. The molecule has 0 saturated carbocycles. The summed E-state index contributed by atoms with van der Waals surface area (Å²) in [4.78, 5) is 22.3. The predicted molar refractivity (Wildman–Crippen MR) is 119 cm³/mol. The van der Waals surface area contributed by atoms with Crippen LogP contribution in [0.2, 0.25) is 0 Å². The number of carbonyl (C=O) groups is 1. The Morgan fingerprint density at radius 3 is 2.53 bits per heavy atom. The maximum atomic E-state index is 11.3. The molecule has 158 valence electrons. The van der Waals surface area contributed by atoms with Crippen LogP contribution >= 0.6 is 15.9 Å². The van der Waals surface area contributed by atoms with E-state index in [1.165, 1.54) is 0 Å². The van der Waals surface area contributed by atoms with Crippen molar-refractivity contribution in [1.82, 2.24) is 14.9 Å². The van der Waals surface area contributed by atoms with Gasteiger partial charge in [0.25, 0.3) is 0 Å². The number of piperidine rings is 1. The van der Waals surface area contributed by atoms with Crippen molar-refractivity contribution in [2.75, 3.05) is 30.7 Å². The number of nitrogen functional groups attached to an aromatic ring is 1. The van der Waals surface area contributed by atoms with Gasteiger partial charge in [-0.15, -0.1) is 0 Å². The third-order valence-electron chi connectivity index (χ3n) is 5.00. The number of ketones is 1. The molecule has 8 nitrogen and oxygen atoms in total. The van der Waals surface area contributed by atoms with Crippen LogP contribution in [0.25, 0.3) is 0 Å². The van der Waals surface area contributed by atoms with Gasteiger partial charge in [0, 0.05) is 19.1 Å². The molecule has 9 heteroatoms. The molecule has 1 aromatic carbocycles. The summed E-state index contributed by atoms with van der Waals surface area (Å²) in [6, 6.07) is 5.89. The Hall–Kier alpha value is -2.70. The number of aromatic nitrogens is 2. The predicted octanol–water partition coefficient (Wildman–Crippen LogP) is 3.57. The molecule has 3 N–H and O–H groups in total. The van der Waals surface area contributed by atoms with Crippen LogP contribution in [0.15, 0.2) is 16.6 Å². The van der Waals surface area contributed by atoms with Crippen molar-refractivity contribution in [3.05, 3.63) is 33.3 Å². The zero-order valence-electron chi connectivity index (χ0n) is 17.3. The standard InChI is InChI=1S/C21H25BrN6O2/c1-12-8-15(10-23)9-13(2)18(12)30-20-17(22)19(24)26-21(27-20)25-16-4-6-28(7-5-16)11-14(3)29/h8-9,16H,4-7,11H2,1-3H3,(H3,24,25,26,27). The Labute approximate surface area is 184 Å². The molecule has 0 bridgehead atoms. The van der Waals surface area contributed by atoms with Gasteiger partial charge >= 0.3 is 0 Å². The van der Waals surface area contributed by atoms with Gasteiger partial charge in [0.15, 0.2) is 0 Å². The van der Waals surface area contributed by atoms with E-state index in [4.69, 9.17) is 15.7 Å². The summed E-state index contributed by atoms with van der Waals surface area (Å²) in [5, 5.41) is 12.5. The molecule has 2 aromatic rings. The molecule has 1 aliphatic rings. The molecular weight excluding hydrogens is 448 g/mol. The summed E-state index contributed by atoms with van der Waals surface area (Å²) in [7, 11) is 0. The molecule has 1 aliphatic heterocycles. The second-order valence-electron chi connectivity index (χ2n) is 7.60. The first-order valence-corrected chi connectivity index (χ1v) is 10.6. The lowest BCUT2D eigenvalue weighted by atomic mass is 10.1. The number of halogens is 1. The maximum absolute atomic E-state index is 11.3. The van der Waals surface area contributed by atoms with Gasteiger partial charge in [0.05, 0.1) is 18.2 Å². The Kier molecular flexibility index (Phi) is 6.90. The quantitative estimate of drug-likeness (QED) is 0.654. The Bertz CT molecular complexity index is 973. The van der Waals surface area contributed by atoms with E-state index in [0.717, 1.165) is 37.1 Å². The van der Waals surface area contributed by atoms with Gasteiger partial charge in [-0.3, -0.25) is 9.69 Å². The lowest BCUT2D eigenvalue weighted by molar-refractivity contribution is -0.118. The minimum Gasteiger partial charge on any atom is -0.437 e. The summed E-state index contributed by atoms with van der Waals surface area (Å²) >= 11 is 3.41. The van der Waals surface area contributed by atoms with Crippen LogP contribution < -0.4 is 15.8 Å². The number of benzene rings is 1. The second-order valence-corrected chi connectivity index (χ2v) is 8.39. The molecule has 1 saturated heterocycles. The average molecular weight is 473 g/mol. The minimum atomic E-state index is 0.181. The van der Waals surface area contributed by atoms with Crippen molar-refractivity contribution in [3.63, 3.8) is 0 Å². The highest BCUT2D eigenvalue weighted by atomic mass is 79.9. The van der Waals surface area contributed by atoms with E-state index in [-0.39, 0.29) is 17.6 Å². The van der Waals surface area contributed by atoms with Gasteiger partial charge in [-0.1, -0.05) is 0 Å². The third-order valence-corrected chi connectivity index (χ3v) is 5.75. The zero-order valence-corrected chi connectivity index (χ0v) is 18.9. The number of nitriles is 1. The Balaban J connectivity index is 1.76. The molecule has 0 spiro atoms. The van der Waals surface area contributed by atoms with Gasteiger partial charge in [-0.05, 0) is 72.8 Å². The smallest absolute Gasteiger partial charge is 0.240 e. The van der Waals surface area contributed by atoms with Crippen molar-refractivity contribution in [2.24, 2.45) is 0 Å². The van der Waals surface area contributed by atoms with E-state index in [1.54, 1.807) is 19.1 Å². The van der Waals surface area contributed by atoms with Gasteiger partial charge in [0.2, 0.25) is 11.8 Å². The molecule has 0 radical (unpaired) electrons. The van der Waals surface area contributed by atoms with Crippen LogP contribution in [0.3, 0.4) is 0 Å². The largest absolute Gasteiger partial charge is 0.437 e. The monoisotopic (exact) mass is 472 g/mol. The number of nitrogens with two attached hydrogens (primary N) is 1. The first-order valence-electron chi connectivity index (χ1n) is 9.77. The van der Waals surface area contributed by atoms with Gasteiger partial charge in [-0.25, -0.2) is 0 Å². The first-order chi connectivity index (χ1) is 14.3. The van der Waals surface area contributed by atoms with Crippen molar-refractivity contribution < 1.29 is 9.53 Å². The molecular formula is C21H25BrN6O2. The summed E-state index contributed by atoms with van der Waals surface area (Å²) in [6.07, 6.45) is 1.77. The number of likely N-dealkylation sites (tertiary alicyclic amines) is 1. The van der Waals surface area contributed by atoms with Crippen molar-refractivity contribution >= 4 is 33.5 Å². The summed E-state index contributed by atoms with van der Waals surface area (Å²) in [5.41, 5.74) is 8.32.